The van der Waals surface area contributed by atoms with Crippen LogP contribution in [-0.4, -0.2) is 67.1 Å². The molecule has 260 valence electrons. The van der Waals surface area contributed by atoms with Crippen molar-refractivity contribution in [1.29, 1.82) is 0 Å². The molecule has 50 heavy (non-hydrogen) atoms. The predicted molar refractivity (Wildman–Crippen MR) is 174 cm³/mol. The van der Waals surface area contributed by atoms with E-state index in [1.165, 1.54) is 54.6 Å². The van der Waals surface area contributed by atoms with Gasteiger partial charge in [0.1, 0.15) is 18.0 Å². The van der Waals surface area contributed by atoms with Gasteiger partial charge in [0.15, 0.2) is 22.7 Å². The molecule has 2 amide bonds. The van der Waals surface area contributed by atoms with Crippen LogP contribution in [0.5, 0.6) is 11.5 Å². The summed E-state index contributed by atoms with van der Waals surface area (Å²) in [5.41, 5.74) is 9.84. The molecule has 12 N–H and O–H groups in total. The Labute approximate surface area is 280 Å². The Hall–Kier alpha value is -7.38. The van der Waals surface area contributed by atoms with Crippen LogP contribution in [0.3, 0.4) is 0 Å². The van der Waals surface area contributed by atoms with Crippen LogP contribution < -0.4 is 48.7 Å². The summed E-state index contributed by atoms with van der Waals surface area (Å²) in [7, 11) is 1.27. The van der Waals surface area contributed by atoms with Crippen molar-refractivity contribution in [3.05, 3.63) is 107 Å². The van der Waals surface area contributed by atoms with E-state index < -0.39 is 40.7 Å². The number of rotatable bonds is 13. The average Bonchev–Trinajstić information content (AvgIpc) is 3.63. The van der Waals surface area contributed by atoms with Crippen molar-refractivity contribution in [1.82, 2.24) is 19.4 Å². The lowest BCUT2D eigenvalue weighted by atomic mass is 10.1. The third-order valence-electron chi connectivity index (χ3n) is 6.78. The molecule has 0 aliphatic heterocycles. The molecular weight excluding hydrogens is 661 g/mol. The lowest BCUT2D eigenvalue weighted by Crippen LogP contribution is -2.33. The van der Waals surface area contributed by atoms with Gasteiger partial charge in [0.2, 0.25) is 0 Å². The van der Waals surface area contributed by atoms with Gasteiger partial charge in [-0.05, 0) is 42.0 Å². The highest BCUT2D eigenvalue weighted by Gasteiger charge is 2.21. The number of aromatic nitrogens is 4. The number of nitrogens with zero attached hydrogens (tertiary/aromatic N) is 5. The van der Waals surface area contributed by atoms with E-state index in [0.29, 0.717) is 0 Å². The number of hydrogen-bond donors (Lipinski definition) is 8. The maximum Gasteiger partial charge on any atom is 0.337 e. The van der Waals surface area contributed by atoms with Crippen LogP contribution in [0.15, 0.2) is 78.1 Å². The van der Waals surface area contributed by atoms with Gasteiger partial charge in [-0.1, -0.05) is 0 Å². The zero-order valence-corrected chi connectivity index (χ0v) is 26.0. The van der Waals surface area contributed by atoms with E-state index in [1.54, 1.807) is 6.20 Å². The molecule has 0 atom stereocenters. The van der Waals surface area contributed by atoms with Crippen molar-refractivity contribution in [2.24, 2.45) is 22.4 Å². The van der Waals surface area contributed by atoms with Crippen molar-refractivity contribution in [3.8, 4) is 11.5 Å². The number of carbonyl (C=O) groups is 4. The number of ether oxygens (including phenoxy) is 2. The van der Waals surface area contributed by atoms with Gasteiger partial charge in [0.25, 0.3) is 11.8 Å². The number of amides is 2. The molecule has 4 aromatic rings. The molecule has 0 radical (unpaired) electrons. The number of carbonyl (C=O) groups excluding carboxylic acids is 2. The second-order valence-corrected chi connectivity index (χ2v) is 9.99. The van der Waals surface area contributed by atoms with Gasteiger partial charge in [-0.2, -0.15) is 9.89 Å². The summed E-state index contributed by atoms with van der Waals surface area (Å²) in [5.74, 6) is 5.35. The van der Waals surface area contributed by atoms with Crippen LogP contribution in [0.4, 0.5) is 15.8 Å². The standard InChI is InChI=1S/C30H30FN11O8/c1-49-23-13-22(38-28(44)20-3-5-26(39-34)42(35)40-20)17(30(47)48)12-24(23)50-9-6-15-10-21(16(29(45)46)11-18(15)31)37-27(43)19(32)2-4-25(33)41-8-7-36-14-41/h2-5,7-8,10-14H,6,9,32-35H2,1H3,(H,37,43)(H,38,44)(H,45,46)(H,47,48)/b19-2-,25-4+,39-26-. The summed E-state index contributed by atoms with van der Waals surface area (Å²) < 4.78 is 27.5. The van der Waals surface area contributed by atoms with Gasteiger partial charge in [-0.25, -0.2) is 19.0 Å². The molecule has 2 aromatic carbocycles. The minimum atomic E-state index is -1.52. The summed E-state index contributed by atoms with van der Waals surface area (Å²) in [6.45, 7) is -0.267. The predicted octanol–water partition coefficient (Wildman–Crippen LogP) is 0.224. The summed E-state index contributed by atoms with van der Waals surface area (Å²) in [5, 5.41) is 31.4. The number of hydrogen-bond acceptors (Lipinski definition) is 13. The Morgan fingerprint density at radius 2 is 1.70 bits per heavy atom. The fraction of sp³-hybridized carbons (Fsp3) is 0.100. The fourth-order valence-electron chi connectivity index (χ4n) is 4.26. The van der Waals surface area contributed by atoms with Gasteiger partial charge in [-0.3, -0.25) is 14.2 Å². The molecule has 0 spiro atoms. The number of nitrogens with one attached hydrogen (secondary N) is 2. The van der Waals surface area contributed by atoms with Crippen LogP contribution in [0.1, 0.15) is 36.8 Å². The maximum atomic E-state index is 15.0. The van der Waals surface area contributed by atoms with Crippen LogP contribution in [0.25, 0.3) is 5.82 Å². The van der Waals surface area contributed by atoms with Gasteiger partial charge in [0.05, 0.1) is 41.9 Å². The number of aromatic carboxylic acids is 2. The molecule has 2 aromatic heterocycles. The minimum absolute atomic E-state index is 0.00376. The van der Waals surface area contributed by atoms with Gasteiger partial charge in [0, 0.05) is 30.9 Å². The normalized spacial score (nSPS) is 11.9. The Morgan fingerprint density at radius 3 is 2.32 bits per heavy atom. The molecule has 20 heteroatoms. The van der Waals surface area contributed by atoms with E-state index in [-0.39, 0.29) is 64.2 Å². The van der Waals surface area contributed by atoms with Crippen LogP contribution in [0, 0.1) is 5.82 Å². The molecule has 2 heterocycles. The molecule has 0 unspecified atom stereocenters. The number of carboxylic acid groups (broad SMARTS) is 2. The monoisotopic (exact) mass is 691 g/mol. The van der Waals surface area contributed by atoms with Crippen LogP contribution in [0.2, 0.25) is 0 Å². The van der Waals surface area contributed by atoms with E-state index in [4.69, 9.17) is 32.6 Å². The minimum Gasteiger partial charge on any atom is -0.493 e. The molecular formula is C30H30FN11O8. The zero-order valence-electron chi connectivity index (χ0n) is 26.0. The van der Waals surface area contributed by atoms with E-state index in [1.807, 2.05) is 0 Å². The molecule has 0 saturated heterocycles. The first kappa shape index (κ1) is 35.5. The van der Waals surface area contributed by atoms with Crippen molar-refractivity contribution < 1.29 is 43.3 Å². The number of imidazole rings is 1. The van der Waals surface area contributed by atoms with Crippen molar-refractivity contribution in [3.63, 3.8) is 0 Å². The van der Waals surface area contributed by atoms with Crippen LogP contribution >= 0.6 is 0 Å². The smallest absolute Gasteiger partial charge is 0.337 e. The van der Waals surface area contributed by atoms with Crippen molar-refractivity contribution >= 4 is 40.9 Å². The number of methoxy groups -OCH3 is 1. The second kappa shape index (κ2) is 15.5. The third-order valence-corrected chi connectivity index (χ3v) is 6.78. The van der Waals surface area contributed by atoms with E-state index in [2.05, 4.69) is 25.8 Å². The zero-order chi connectivity index (χ0) is 36.5. The van der Waals surface area contributed by atoms with Gasteiger partial charge >= 0.3 is 11.9 Å². The van der Waals surface area contributed by atoms with Crippen molar-refractivity contribution in [2.75, 3.05) is 30.2 Å². The molecule has 0 aliphatic carbocycles. The Kier molecular flexibility index (Phi) is 11.0. The molecule has 0 saturated carbocycles. The SMILES string of the molecule is COc1cc(NC(=O)c2cc/c(=N/N)n(N)n2)c(C(=O)O)cc1OCCc1cc(NC(=O)/C(N)=C/C=C(\N)n2ccnc2)c(C(=O)O)cc1F. The lowest BCUT2D eigenvalue weighted by Gasteiger charge is -2.16. The topological polar surface area (TPSA) is 303 Å². The molecule has 19 nitrogen and oxygen atoms in total. The number of halogens is 1. The number of benzene rings is 2. The van der Waals surface area contributed by atoms with Crippen LogP contribution in [-0.2, 0) is 11.2 Å². The largest absolute Gasteiger partial charge is 0.493 e. The third kappa shape index (κ3) is 8.31. The first-order valence-electron chi connectivity index (χ1n) is 14.1. The fourth-order valence-corrected chi connectivity index (χ4v) is 4.26. The number of allylic oxidation sites excluding steroid dienone is 2. The summed E-state index contributed by atoms with van der Waals surface area (Å²) in [4.78, 5) is 54.1. The summed E-state index contributed by atoms with van der Waals surface area (Å²) in [6, 6.07) is 6.70. The Morgan fingerprint density at radius 1 is 1.00 bits per heavy atom. The highest BCUT2D eigenvalue weighted by molar-refractivity contribution is 6.08. The first-order chi connectivity index (χ1) is 23.8. The number of nitrogen functional groups attached to an aromatic ring is 1. The number of anilines is 2. The molecule has 4 rings (SSSR count). The average molecular weight is 692 g/mol. The number of carboxylic acids is 2. The van der Waals surface area contributed by atoms with E-state index in [9.17, 15) is 33.8 Å². The summed E-state index contributed by atoms with van der Waals surface area (Å²) in [6.07, 6.45) is 6.82. The van der Waals surface area contributed by atoms with Crippen molar-refractivity contribution in [2.45, 2.75) is 6.42 Å². The molecule has 0 fully saturated rings. The molecule has 0 bridgehead atoms. The van der Waals surface area contributed by atoms with E-state index >= 15 is 0 Å². The Balaban J connectivity index is 1.52. The van der Waals surface area contributed by atoms with Gasteiger partial charge in [-0.15, -0.1) is 5.10 Å². The van der Waals surface area contributed by atoms with E-state index in [0.717, 1.165) is 23.0 Å². The maximum absolute atomic E-state index is 15.0. The first-order valence-corrected chi connectivity index (χ1v) is 14.1. The second-order valence-electron chi connectivity index (χ2n) is 9.99. The van der Waals surface area contributed by atoms with Gasteiger partial charge < -0.3 is 53.5 Å². The summed E-state index contributed by atoms with van der Waals surface area (Å²) >= 11 is 0. The lowest BCUT2D eigenvalue weighted by molar-refractivity contribution is -0.112. The highest BCUT2D eigenvalue weighted by atomic mass is 19.1. The number of nitrogens with two attached hydrogens (primary N) is 4. The quantitative estimate of drug-likeness (QED) is 0.0403. The molecule has 0 aliphatic rings. The highest BCUT2D eigenvalue weighted by Crippen LogP contribution is 2.34. The Bertz CT molecular complexity index is 2090.